The minimum atomic E-state index is -0.478. The summed E-state index contributed by atoms with van der Waals surface area (Å²) in [6.07, 6.45) is 3.60. The average Bonchev–Trinajstić information content (AvgIpc) is 2.74. The van der Waals surface area contributed by atoms with E-state index in [-0.39, 0.29) is 18.4 Å². The second kappa shape index (κ2) is 9.73. The largest absolute Gasteiger partial charge is 0.466 e. The number of aromatic nitrogens is 1. The summed E-state index contributed by atoms with van der Waals surface area (Å²) in [6.45, 7) is 7.69. The first-order valence-corrected chi connectivity index (χ1v) is 9.73. The number of rotatable bonds is 7. The number of esters is 1. The van der Waals surface area contributed by atoms with Gasteiger partial charge in [-0.25, -0.2) is 9.78 Å². The summed E-state index contributed by atoms with van der Waals surface area (Å²) < 4.78 is 5.09. The van der Waals surface area contributed by atoms with Crippen LogP contribution >= 0.6 is 0 Å². The van der Waals surface area contributed by atoms with Crippen LogP contribution in [0.15, 0.2) is 61.3 Å². The van der Waals surface area contributed by atoms with Crippen molar-refractivity contribution in [3.05, 3.63) is 66.9 Å². The molecule has 7 nitrogen and oxygen atoms in total. The Hall–Kier alpha value is -3.35. The molecular formula is C22H26N4O3. The smallest absolute Gasteiger partial charge is 0.322 e. The van der Waals surface area contributed by atoms with E-state index >= 15 is 0 Å². The van der Waals surface area contributed by atoms with Gasteiger partial charge in [0, 0.05) is 25.8 Å². The summed E-state index contributed by atoms with van der Waals surface area (Å²) in [4.78, 5) is 33.4. The van der Waals surface area contributed by atoms with E-state index in [4.69, 9.17) is 4.74 Å². The topological polar surface area (TPSA) is 74.8 Å². The minimum absolute atomic E-state index is 0.0694. The molecule has 0 radical (unpaired) electrons. The Labute approximate surface area is 171 Å². The van der Waals surface area contributed by atoms with Crippen LogP contribution in [-0.2, 0) is 9.53 Å². The van der Waals surface area contributed by atoms with Gasteiger partial charge in [0.15, 0.2) is 5.82 Å². The summed E-state index contributed by atoms with van der Waals surface area (Å²) in [5.41, 5.74) is 1.59. The minimum Gasteiger partial charge on any atom is -0.466 e. The van der Waals surface area contributed by atoms with Gasteiger partial charge in [-0.2, -0.15) is 0 Å². The Morgan fingerprint density at radius 3 is 2.76 bits per heavy atom. The molecule has 0 bridgehead atoms. The summed E-state index contributed by atoms with van der Waals surface area (Å²) >= 11 is 0. The van der Waals surface area contributed by atoms with Gasteiger partial charge in [0.05, 0.1) is 24.8 Å². The van der Waals surface area contributed by atoms with E-state index in [1.807, 2.05) is 48.5 Å². The number of ether oxygens (including phenoxy) is 1. The molecule has 2 aromatic rings. The van der Waals surface area contributed by atoms with Crippen molar-refractivity contribution in [3.63, 3.8) is 0 Å². The van der Waals surface area contributed by atoms with Crippen molar-refractivity contribution in [2.24, 2.45) is 0 Å². The third-order valence-corrected chi connectivity index (χ3v) is 4.72. The van der Waals surface area contributed by atoms with Gasteiger partial charge in [-0.05, 0) is 24.6 Å². The number of nitrogens with zero attached hydrogens (tertiary/aromatic N) is 3. The molecule has 152 valence electrons. The SMILES string of the molecule is C=CCN1CCN(C(=O)N[C@@H](CC(=O)OCC)c2ccccc2)c2cccnc21. The number of fused-ring (bicyclic) bond motifs is 1. The van der Waals surface area contributed by atoms with Crippen LogP contribution in [0, 0.1) is 0 Å². The molecule has 1 aliphatic rings. The Morgan fingerprint density at radius 1 is 1.24 bits per heavy atom. The summed E-state index contributed by atoms with van der Waals surface area (Å²) in [5, 5.41) is 3.00. The molecule has 2 heterocycles. The number of anilines is 2. The Kier molecular flexibility index (Phi) is 6.84. The second-order valence-electron chi connectivity index (χ2n) is 6.65. The molecule has 3 rings (SSSR count). The summed E-state index contributed by atoms with van der Waals surface area (Å²) in [7, 11) is 0. The van der Waals surface area contributed by atoms with Crippen molar-refractivity contribution >= 4 is 23.5 Å². The van der Waals surface area contributed by atoms with E-state index in [1.54, 1.807) is 18.0 Å². The van der Waals surface area contributed by atoms with E-state index in [9.17, 15) is 9.59 Å². The third-order valence-electron chi connectivity index (χ3n) is 4.72. The van der Waals surface area contributed by atoms with Crippen LogP contribution in [0.2, 0.25) is 0 Å². The lowest BCUT2D eigenvalue weighted by molar-refractivity contribution is -0.143. The highest BCUT2D eigenvalue weighted by molar-refractivity contribution is 5.96. The van der Waals surface area contributed by atoms with E-state index in [0.29, 0.717) is 26.2 Å². The third kappa shape index (κ3) is 4.93. The van der Waals surface area contributed by atoms with Crippen LogP contribution in [0.3, 0.4) is 0 Å². The fourth-order valence-electron chi connectivity index (χ4n) is 3.39. The number of amides is 2. The van der Waals surface area contributed by atoms with Crippen LogP contribution in [0.1, 0.15) is 24.9 Å². The predicted octanol–water partition coefficient (Wildman–Crippen LogP) is 3.30. The zero-order chi connectivity index (χ0) is 20.6. The Bertz CT molecular complexity index is 856. The molecule has 2 amide bonds. The zero-order valence-corrected chi connectivity index (χ0v) is 16.6. The molecule has 7 heteroatoms. The first kappa shape index (κ1) is 20.4. The van der Waals surface area contributed by atoms with Gasteiger partial charge < -0.3 is 15.0 Å². The molecule has 1 atom stereocenters. The molecule has 0 unspecified atom stereocenters. The number of benzene rings is 1. The number of carbonyl (C=O) groups excluding carboxylic acids is 2. The molecule has 1 aromatic heterocycles. The van der Waals surface area contributed by atoms with E-state index in [1.165, 1.54) is 0 Å². The van der Waals surface area contributed by atoms with E-state index in [2.05, 4.69) is 21.8 Å². The quantitative estimate of drug-likeness (QED) is 0.576. The molecule has 1 aliphatic heterocycles. The van der Waals surface area contributed by atoms with Gasteiger partial charge in [-0.3, -0.25) is 9.69 Å². The first-order valence-electron chi connectivity index (χ1n) is 9.73. The van der Waals surface area contributed by atoms with Crippen LogP contribution in [0.25, 0.3) is 0 Å². The lowest BCUT2D eigenvalue weighted by Gasteiger charge is -2.36. The van der Waals surface area contributed by atoms with Crippen molar-refractivity contribution in [2.75, 3.05) is 36.0 Å². The molecule has 0 aliphatic carbocycles. The van der Waals surface area contributed by atoms with Gasteiger partial charge in [0.25, 0.3) is 0 Å². The van der Waals surface area contributed by atoms with Crippen LogP contribution in [0.4, 0.5) is 16.3 Å². The van der Waals surface area contributed by atoms with E-state index < -0.39 is 6.04 Å². The van der Waals surface area contributed by atoms with Crippen LogP contribution in [0.5, 0.6) is 0 Å². The average molecular weight is 394 g/mol. The monoisotopic (exact) mass is 394 g/mol. The lowest BCUT2D eigenvalue weighted by Crippen LogP contribution is -2.49. The highest BCUT2D eigenvalue weighted by Gasteiger charge is 2.29. The van der Waals surface area contributed by atoms with Crippen molar-refractivity contribution < 1.29 is 14.3 Å². The number of hydrogen-bond donors (Lipinski definition) is 1. The first-order chi connectivity index (χ1) is 14.1. The van der Waals surface area contributed by atoms with Gasteiger partial charge in [0.2, 0.25) is 0 Å². The highest BCUT2D eigenvalue weighted by Crippen LogP contribution is 2.31. The summed E-state index contributed by atoms with van der Waals surface area (Å²) in [5.74, 6) is 0.398. The van der Waals surface area contributed by atoms with Gasteiger partial charge >= 0.3 is 12.0 Å². The predicted molar refractivity (Wildman–Crippen MR) is 113 cm³/mol. The van der Waals surface area contributed by atoms with Gasteiger partial charge in [-0.15, -0.1) is 6.58 Å². The normalized spacial score (nSPS) is 14.0. The fourth-order valence-corrected chi connectivity index (χ4v) is 3.39. The van der Waals surface area contributed by atoms with E-state index in [0.717, 1.165) is 17.1 Å². The van der Waals surface area contributed by atoms with Gasteiger partial charge in [-0.1, -0.05) is 36.4 Å². The highest BCUT2D eigenvalue weighted by atomic mass is 16.5. The molecule has 1 aromatic carbocycles. The van der Waals surface area contributed by atoms with Crippen LogP contribution < -0.4 is 15.1 Å². The fraction of sp³-hybridized carbons (Fsp3) is 0.318. The number of carbonyl (C=O) groups is 2. The number of pyridine rings is 1. The van der Waals surface area contributed by atoms with Crippen molar-refractivity contribution in [2.45, 2.75) is 19.4 Å². The van der Waals surface area contributed by atoms with Crippen LogP contribution in [-0.4, -0.2) is 43.2 Å². The molecule has 0 saturated carbocycles. The molecule has 0 fully saturated rings. The Balaban J connectivity index is 1.81. The number of hydrogen-bond acceptors (Lipinski definition) is 5. The molecule has 1 N–H and O–H groups in total. The number of urea groups is 1. The van der Waals surface area contributed by atoms with Gasteiger partial charge in [0.1, 0.15) is 0 Å². The zero-order valence-electron chi connectivity index (χ0n) is 16.6. The second-order valence-corrected chi connectivity index (χ2v) is 6.65. The number of nitrogens with one attached hydrogen (secondary N) is 1. The lowest BCUT2D eigenvalue weighted by atomic mass is 10.0. The standard InChI is InChI=1S/C22H26N4O3/c1-3-13-25-14-15-26(19-11-8-12-23-21(19)25)22(28)24-18(16-20(27)29-4-2)17-9-6-5-7-10-17/h3,5-12,18H,1,4,13-16H2,2H3,(H,24,28)/t18-/m0/s1. The molecule has 29 heavy (non-hydrogen) atoms. The van der Waals surface area contributed by atoms with Crippen molar-refractivity contribution in [1.29, 1.82) is 0 Å². The maximum absolute atomic E-state index is 13.1. The van der Waals surface area contributed by atoms with Crippen molar-refractivity contribution in [3.8, 4) is 0 Å². The van der Waals surface area contributed by atoms with Crippen molar-refractivity contribution in [1.82, 2.24) is 10.3 Å². The molecular weight excluding hydrogens is 368 g/mol. The maximum Gasteiger partial charge on any atom is 0.322 e. The Morgan fingerprint density at radius 2 is 2.03 bits per heavy atom. The molecule has 0 spiro atoms. The maximum atomic E-state index is 13.1. The summed E-state index contributed by atoms with van der Waals surface area (Å²) in [6, 6.07) is 12.4. The molecule has 0 saturated heterocycles.